The Morgan fingerprint density at radius 1 is 1.25 bits per heavy atom. The van der Waals surface area contributed by atoms with Crippen LogP contribution < -0.4 is 10.6 Å². The molecule has 20 heavy (non-hydrogen) atoms. The van der Waals surface area contributed by atoms with E-state index in [2.05, 4.69) is 10.6 Å². The van der Waals surface area contributed by atoms with Crippen LogP contribution in [-0.2, 0) is 9.59 Å². The van der Waals surface area contributed by atoms with Crippen molar-refractivity contribution in [2.24, 2.45) is 5.92 Å². The zero-order valence-corrected chi connectivity index (χ0v) is 11.5. The number of hydrogen-bond acceptors (Lipinski definition) is 3. The van der Waals surface area contributed by atoms with Crippen LogP contribution in [0.3, 0.4) is 0 Å². The van der Waals surface area contributed by atoms with E-state index in [0.717, 1.165) is 0 Å². The molecule has 0 aliphatic carbocycles. The molecule has 1 rings (SSSR count). The van der Waals surface area contributed by atoms with E-state index in [1.165, 1.54) is 18.2 Å². The van der Waals surface area contributed by atoms with Crippen molar-refractivity contribution in [1.29, 1.82) is 0 Å². The van der Waals surface area contributed by atoms with Gasteiger partial charge in [0.05, 0.1) is 11.8 Å². The average molecular weight is 282 g/mol. The number of nitrogens with one attached hydrogen (secondary N) is 2. The minimum atomic E-state index is -0.917. The largest absolute Gasteiger partial charge is 0.393 e. The van der Waals surface area contributed by atoms with Gasteiger partial charge in [-0.2, -0.15) is 0 Å². The van der Waals surface area contributed by atoms with Crippen molar-refractivity contribution in [2.75, 3.05) is 11.9 Å². The Balaban J connectivity index is 2.44. The first-order valence-corrected chi connectivity index (χ1v) is 6.42. The molecular weight excluding hydrogens is 263 g/mol. The molecular formula is C14H19FN2O3. The third-order valence-electron chi connectivity index (χ3n) is 2.68. The van der Waals surface area contributed by atoms with Crippen LogP contribution >= 0.6 is 0 Å². The maximum absolute atomic E-state index is 13.3. The maximum atomic E-state index is 13.3. The van der Waals surface area contributed by atoms with E-state index in [4.69, 9.17) is 0 Å². The molecule has 2 unspecified atom stereocenters. The highest BCUT2D eigenvalue weighted by molar-refractivity contribution is 6.39. The van der Waals surface area contributed by atoms with Crippen molar-refractivity contribution < 1.29 is 19.1 Å². The fraction of sp³-hybridized carbons (Fsp3) is 0.429. The number of para-hydroxylation sites is 1. The summed E-state index contributed by atoms with van der Waals surface area (Å²) in [6.07, 6.45) is 0.0593. The van der Waals surface area contributed by atoms with Crippen molar-refractivity contribution in [1.82, 2.24) is 5.32 Å². The van der Waals surface area contributed by atoms with Crippen molar-refractivity contribution in [2.45, 2.75) is 26.4 Å². The number of amides is 2. The molecule has 1 aromatic rings. The molecule has 1 aromatic carbocycles. The summed E-state index contributed by atoms with van der Waals surface area (Å²) in [4.78, 5) is 23.1. The van der Waals surface area contributed by atoms with Crippen LogP contribution in [0.5, 0.6) is 0 Å². The van der Waals surface area contributed by atoms with Crippen LogP contribution in [0.25, 0.3) is 0 Å². The molecule has 5 nitrogen and oxygen atoms in total. The van der Waals surface area contributed by atoms with Crippen LogP contribution in [0.4, 0.5) is 10.1 Å². The number of carbonyl (C=O) groups excluding carboxylic acids is 2. The third kappa shape index (κ3) is 5.36. The first-order chi connectivity index (χ1) is 9.40. The second kappa shape index (κ2) is 7.59. The number of rotatable bonds is 5. The molecule has 2 amide bonds. The lowest BCUT2D eigenvalue weighted by molar-refractivity contribution is -0.136. The Bertz CT molecular complexity index is 477. The Hall–Kier alpha value is -1.95. The van der Waals surface area contributed by atoms with E-state index in [9.17, 15) is 19.1 Å². The lowest BCUT2D eigenvalue weighted by Crippen LogP contribution is -2.38. The molecule has 0 saturated heterocycles. The van der Waals surface area contributed by atoms with Crippen LogP contribution in [0, 0.1) is 11.7 Å². The lowest BCUT2D eigenvalue weighted by atomic mass is 10.0. The van der Waals surface area contributed by atoms with Gasteiger partial charge in [0.2, 0.25) is 0 Å². The number of aliphatic hydroxyl groups excluding tert-OH is 1. The molecule has 110 valence electrons. The fourth-order valence-electron chi connectivity index (χ4n) is 1.75. The Labute approximate surface area is 117 Å². The molecule has 3 N–H and O–H groups in total. The molecule has 0 aromatic heterocycles. The van der Waals surface area contributed by atoms with Gasteiger partial charge in [0.1, 0.15) is 5.82 Å². The van der Waals surface area contributed by atoms with Crippen LogP contribution in [-0.4, -0.2) is 29.6 Å². The first-order valence-electron chi connectivity index (χ1n) is 6.42. The Morgan fingerprint density at radius 2 is 1.90 bits per heavy atom. The highest BCUT2D eigenvalue weighted by atomic mass is 19.1. The summed E-state index contributed by atoms with van der Waals surface area (Å²) in [7, 11) is 0. The monoisotopic (exact) mass is 282 g/mol. The van der Waals surface area contributed by atoms with Crippen molar-refractivity contribution in [3.63, 3.8) is 0 Å². The van der Waals surface area contributed by atoms with Crippen LogP contribution in [0.1, 0.15) is 20.3 Å². The standard InChI is InChI=1S/C14H19FN2O3/c1-9(7-10(2)18)8-16-13(19)14(20)17-12-6-4-3-5-11(12)15/h3-6,9-10,18H,7-8H2,1-2H3,(H,16,19)(H,17,20). The molecule has 0 spiro atoms. The van der Waals surface area contributed by atoms with E-state index in [1.54, 1.807) is 13.0 Å². The smallest absolute Gasteiger partial charge is 0.313 e. The van der Waals surface area contributed by atoms with E-state index in [0.29, 0.717) is 6.42 Å². The number of benzene rings is 1. The predicted molar refractivity (Wildman–Crippen MR) is 73.5 cm³/mol. The number of hydrogen-bond donors (Lipinski definition) is 3. The molecule has 6 heteroatoms. The van der Waals surface area contributed by atoms with Gasteiger partial charge < -0.3 is 15.7 Å². The highest BCUT2D eigenvalue weighted by Crippen LogP contribution is 2.12. The summed E-state index contributed by atoms with van der Waals surface area (Å²) in [6, 6.07) is 5.61. The number of aliphatic hydroxyl groups is 1. The quantitative estimate of drug-likeness (QED) is 0.712. The van der Waals surface area contributed by atoms with Gasteiger partial charge in [0.25, 0.3) is 0 Å². The summed E-state index contributed by atoms with van der Waals surface area (Å²) in [6.45, 7) is 3.78. The zero-order valence-electron chi connectivity index (χ0n) is 11.5. The minimum absolute atomic E-state index is 0.0373. The number of halogens is 1. The van der Waals surface area contributed by atoms with Crippen molar-refractivity contribution in [3.8, 4) is 0 Å². The van der Waals surface area contributed by atoms with E-state index >= 15 is 0 Å². The van der Waals surface area contributed by atoms with Gasteiger partial charge in [-0.3, -0.25) is 9.59 Å². The fourth-order valence-corrected chi connectivity index (χ4v) is 1.75. The van der Waals surface area contributed by atoms with Crippen LogP contribution in [0.2, 0.25) is 0 Å². The minimum Gasteiger partial charge on any atom is -0.393 e. The topological polar surface area (TPSA) is 78.4 Å². The lowest BCUT2D eigenvalue weighted by Gasteiger charge is -2.14. The van der Waals surface area contributed by atoms with Gasteiger partial charge in [-0.25, -0.2) is 4.39 Å². The van der Waals surface area contributed by atoms with Gasteiger partial charge in [0.15, 0.2) is 0 Å². The molecule has 0 radical (unpaired) electrons. The van der Waals surface area contributed by atoms with Gasteiger partial charge in [0, 0.05) is 6.54 Å². The molecule has 0 bridgehead atoms. The second-order valence-electron chi connectivity index (χ2n) is 4.83. The predicted octanol–water partition coefficient (Wildman–Crippen LogP) is 1.29. The van der Waals surface area contributed by atoms with Crippen molar-refractivity contribution in [3.05, 3.63) is 30.1 Å². The molecule has 2 atom stereocenters. The Kier molecular flexibility index (Phi) is 6.11. The number of carbonyl (C=O) groups is 2. The van der Waals surface area contributed by atoms with Crippen LogP contribution in [0.15, 0.2) is 24.3 Å². The van der Waals surface area contributed by atoms with Crippen molar-refractivity contribution >= 4 is 17.5 Å². The normalized spacial score (nSPS) is 13.4. The van der Waals surface area contributed by atoms with E-state index < -0.39 is 23.7 Å². The molecule has 0 heterocycles. The summed E-state index contributed by atoms with van der Waals surface area (Å²) < 4.78 is 13.3. The van der Waals surface area contributed by atoms with E-state index in [1.807, 2.05) is 6.92 Å². The molecule has 0 saturated carbocycles. The van der Waals surface area contributed by atoms with Gasteiger partial charge in [-0.15, -0.1) is 0 Å². The Morgan fingerprint density at radius 3 is 2.50 bits per heavy atom. The summed E-state index contributed by atoms with van der Waals surface area (Å²) >= 11 is 0. The number of anilines is 1. The average Bonchev–Trinajstić information content (AvgIpc) is 2.37. The first kappa shape index (κ1) is 16.1. The summed E-state index contributed by atoms with van der Waals surface area (Å²) in [5, 5.41) is 13.8. The van der Waals surface area contributed by atoms with Gasteiger partial charge in [-0.1, -0.05) is 19.1 Å². The highest BCUT2D eigenvalue weighted by Gasteiger charge is 2.16. The third-order valence-corrected chi connectivity index (χ3v) is 2.68. The van der Waals surface area contributed by atoms with E-state index in [-0.39, 0.29) is 18.2 Å². The SMILES string of the molecule is CC(O)CC(C)CNC(=O)C(=O)Nc1ccccc1F. The second-order valence-corrected chi connectivity index (χ2v) is 4.83. The maximum Gasteiger partial charge on any atom is 0.313 e. The summed E-state index contributed by atoms with van der Waals surface area (Å²) in [5.41, 5.74) is -0.0373. The summed E-state index contributed by atoms with van der Waals surface area (Å²) in [5.74, 6) is -2.30. The molecule has 0 aliphatic rings. The van der Waals surface area contributed by atoms with Gasteiger partial charge >= 0.3 is 11.8 Å². The van der Waals surface area contributed by atoms with Gasteiger partial charge in [-0.05, 0) is 31.4 Å². The zero-order chi connectivity index (χ0) is 15.1. The molecule has 0 fully saturated rings. The molecule has 0 aliphatic heterocycles.